The van der Waals surface area contributed by atoms with Gasteiger partial charge in [0.25, 0.3) is 0 Å². The molecule has 0 aliphatic carbocycles. The molecule has 0 spiro atoms. The molecular weight excluding hydrogens is 596 g/mol. The van der Waals surface area contributed by atoms with Gasteiger partial charge in [-0.1, -0.05) is 0 Å². The lowest BCUT2D eigenvalue weighted by atomic mass is 10.1. The van der Waals surface area contributed by atoms with E-state index in [-0.39, 0.29) is 18.6 Å². The van der Waals surface area contributed by atoms with E-state index in [1.807, 2.05) is 0 Å². The van der Waals surface area contributed by atoms with Crippen molar-refractivity contribution < 1.29 is 43.8 Å². The van der Waals surface area contributed by atoms with Gasteiger partial charge in [-0.3, -0.25) is 28.8 Å². The fraction of sp³-hybridized carbons (Fsp3) is 0.696. The zero-order valence-electron chi connectivity index (χ0n) is 23.3. The monoisotopic (exact) mass is 638 g/mol. The molecule has 19 heteroatoms. The summed E-state index contributed by atoms with van der Waals surface area (Å²) in [4.78, 5) is 85.8. The lowest BCUT2D eigenvalue weighted by Gasteiger charge is -2.25. The molecule has 42 heavy (non-hydrogen) atoms. The quantitative estimate of drug-likeness (QED) is 0.0393. The van der Waals surface area contributed by atoms with Crippen LogP contribution in [0.3, 0.4) is 0 Å². The van der Waals surface area contributed by atoms with Crippen LogP contribution in [-0.2, 0) is 33.6 Å². The number of carboxylic acid groups (broad SMARTS) is 1. The van der Waals surface area contributed by atoms with Crippen molar-refractivity contribution in [3.63, 3.8) is 0 Å². The zero-order chi connectivity index (χ0) is 32.2. The number of hydrogen-bond acceptors (Lipinski definition) is 12. The molecule has 0 bridgehead atoms. The van der Waals surface area contributed by atoms with Gasteiger partial charge in [-0.15, -0.1) is 0 Å². The van der Waals surface area contributed by atoms with Gasteiger partial charge in [0, 0.05) is 5.75 Å². The molecule has 0 aromatic rings. The van der Waals surface area contributed by atoms with Gasteiger partial charge < -0.3 is 54.0 Å². The number of aliphatic carboxylic acids is 1. The third-order valence-electron chi connectivity index (χ3n) is 5.68. The van der Waals surface area contributed by atoms with Gasteiger partial charge in [0.15, 0.2) is 0 Å². The maximum atomic E-state index is 13.1. The highest BCUT2D eigenvalue weighted by molar-refractivity contribution is 7.98. The van der Waals surface area contributed by atoms with Gasteiger partial charge in [0.2, 0.25) is 35.4 Å². The van der Waals surface area contributed by atoms with Crippen LogP contribution in [0, 0.1) is 0 Å². The number of carbonyl (C=O) groups excluding carboxylic acids is 6. The van der Waals surface area contributed by atoms with Crippen molar-refractivity contribution in [2.45, 2.75) is 62.3 Å². The van der Waals surface area contributed by atoms with E-state index in [2.05, 4.69) is 39.2 Å². The van der Waals surface area contributed by atoms with Crippen molar-refractivity contribution >= 4 is 65.8 Å². The van der Waals surface area contributed by atoms with E-state index < -0.39 is 91.2 Å². The minimum Gasteiger partial charge on any atom is -0.480 e. The summed E-state index contributed by atoms with van der Waals surface area (Å²) in [6.07, 6.45) is 2.37. The molecule has 0 aromatic carbocycles. The topological polar surface area (TPSA) is 298 Å². The lowest BCUT2D eigenvalue weighted by molar-refractivity contribution is -0.142. The first-order chi connectivity index (χ1) is 19.8. The molecule has 0 saturated heterocycles. The Morgan fingerprint density at radius 2 is 1.29 bits per heavy atom. The summed E-state index contributed by atoms with van der Waals surface area (Å²) in [6.45, 7) is -1.04. The van der Waals surface area contributed by atoms with Gasteiger partial charge >= 0.3 is 5.97 Å². The number of aliphatic hydroxyl groups is 1. The van der Waals surface area contributed by atoms with Gasteiger partial charge in [0.05, 0.1) is 19.6 Å². The Morgan fingerprint density at radius 1 is 0.762 bits per heavy atom. The number of thioether (sulfide) groups is 1. The summed E-state index contributed by atoms with van der Waals surface area (Å²) in [6, 6.07) is -6.77. The molecule has 0 fully saturated rings. The number of nitrogens with two attached hydrogens (primary N) is 3. The van der Waals surface area contributed by atoms with Crippen molar-refractivity contribution in [2.24, 2.45) is 17.2 Å². The summed E-state index contributed by atoms with van der Waals surface area (Å²) in [5.74, 6) is -6.36. The van der Waals surface area contributed by atoms with E-state index in [4.69, 9.17) is 17.2 Å². The normalized spacial score (nSPS) is 14.3. The standard InChI is InChI=1S/C23H42N8O9S2/c1-42-7-5-12(19(35)31-16(11-41)22(38)29-13(23(39)40)4-2-3-6-24)28-21(37)15(10-32)30-20(36)14(8-17(26)33)27-18(34)9-25/h12-16,32,41H,2-11,24-25H2,1H3,(H2,26,33)(H,27,34)(H,28,37)(H,29,38)(H,30,36)(H,31,35)(H,39,40)/t12-,13-,14-,15-,16-/m0/s1. The molecule has 6 amide bonds. The first-order valence-corrected chi connectivity index (χ1v) is 15.0. The molecule has 17 nitrogen and oxygen atoms in total. The van der Waals surface area contributed by atoms with Crippen molar-refractivity contribution in [1.82, 2.24) is 26.6 Å². The number of rotatable bonds is 22. The van der Waals surface area contributed by atoms with Crippen LogP contribution >= 0.6 is 24.4 Å². The third-order valence-corrected chi connectivity index (χ3v) is 6.69. The summed E-state index contributed by atoms with van der Waals surface area (Å²) < 4.78 is 0. The molecule has 0 heterocycles. The van der Waals surface area contributed by atoms with Crippen LogP contribution in [0.5, 0.6) is 0 Å². The van der Waals surface area contributed by atoms with Gasteiger partial charge in [-0.05, 0) is 44.2 Å². The van der Waals surface area contributed by atoms with Crippen molar-refractivity contribution in [3.05, 3.63) is 0 Å². The zero-order valence-corrected chi connectivity index (χ0v) is 25.0. The van der Waals surface area contributed by atoms with E-state index in [9.17, 15) is 43.8 Å². The Kier molecular flexibility index (Phi) is 19.9. The highest BCUT2D eigenvalue weighted by Gasteiger charge is 2.32. The first-order valence-electron chi connectivity index (χ1n) is 13.0. The van der Waals surface area contributed by atoms with Crippen LogP contribution in [0.15, 0.2) is 0 Å². The average Bonchev–Trinajstić information content (AvgIpc) is 2.94. The second kappa shape index (κ2) is 21.6. The van der Waals surface area contributed by atoms with Crippen molar-refractivity contribution in [2.75, 3.05) is 37.5 Å². The van der Waals surface area contributed by atoms with Gasteiger partial charge in [-0.25, -0.2) is 4.79 Å². The third kappa shape index (κ3) is 15.2. The number of hydrogen-bond donors (Lipinski definition) is 11. The van der Waals surface area contributed by atoms with E-state index in [1.165, 1.54) is 11.8 Å². The Labute approximate surface area is 253 Å². The van der Waals surface area contributed by atoms with Crippen molar-refractivity contribution in [1.29, 1.82) is 0 Å². The molecular formula is C23H42N8O9S2. The summed E-state index contributed by atoms with van der Waals surface area (Å²) in [5.41, 5.74) is 15.7. The molecule has 0 aliphatic rings. The van der Waals surface area contributed by atoms with E-state index in [0.717, 1.165) is 0 Å². The Bertz CT molecular complexity index is 944. The van der Waals surface area contributed by atoms with E-state index in [1.54, 1.807) is 6.26 Å². The molecule has 13 N–H and O–H groups in total. The molecule has 0 unspecified atom stereocenters. The molecule has 240 valence electrons. The Balaban J connectivity index is 5.56. The van der Waals surface area contributed by atoms with Crippen LogP contribution in [0.2, 0.25) is 0 Å². The molecule has 0 radical (unpaired) electrons. The summed E-state index contributed by atoms with van der Waals surface area (Å²) >= 11 is 5.43. The SMILES string of the molecule is CSCC[C@H](NC(=O)[C@H](CO)NC(=O)[C@H](CC(N)=O)NC(=O)CN)C(=O)N[C@@H](CS)C(=O)N[C@@H](CCCCN)C(=O)O. The number of carbonyl (C=O) groups is 7. The number of carboxylic acids is 1. The summed E-state index contributed by atoms with van der Waals surface area (Å²) in [7, 11) is 0. The number of unbranched alkanes of at least 4 members (excludes halogenated alkanes) is 1. The van der Waals surface area contributed by atoms with Gasteiger partial charge in [-0.2, -0.15) is 24.4 Å². The largest absolute Gasteiger partial charge is 0.480 e. The van der Waals surface area contributed by atoms with E-state index in [0.29, 0.717) is 25.1 Å². The summed E-state index contributed by atoms with van der Waals surface area (Å²) in [5, 5.41) is 30.7. The maximum Gasteiger partial charge on any atom is 0.326 e. The smallest absolute Gasteiger partial charge is 0.326 e. The second-order valence-corrected chi connectivity index (χ2v) is 10.4. The number of nitrogens with one attached hydrogen (secondary N) is 5. The first kappa shape index (κ1) is 38.9. The predicted molar refractivity (Wildman–Crippen MR) is 157 cm³/mol. The number of aliphatic hydroxyl groups excluding tert-OH is 1. The Morgan fingerprint density at radius 3 is 1.79 bits per heavy atom. The molecule has 5 atom stereocenters. The number of thiol groups is 1. The average molecular weight is 639 g/mol. The molecule has 0 rings (SSSR count). The highest BCUT2D eigenvalue weighted by Crippen LogP contribution is 2.05. The minimum atomic E-state index is -1.60. The predicted octanol–water partition coefficient (Wildman–Crippen LogP) is -4.87. The van der Waals surface area contributed by atoms with Crippen LogP contribution in [0.25, 0.3) is 0 Å². The number of primary amides is 1. The Hall–Kier alpha value is -3.13. The second-order valence-electron chi connectivity index (χ2n) is 9.01. The van der Waals surface area contributed by atoms with Crippen LogP contribution in [-0.4, -0.2) is 119 Å². The molecule has 0 aliphatic heterocycles. The maximum absolute atomic E-state index is 13.1. The van der Waals surface area contributed by atoms with Gasteiger partial charge in [0.1, 0.15) is 30.2 Å². The van der Waals surface area contributed by atoms with Crippen LogP contribution in [0.1, 0.15) is 32.1 Å². The van der Waals surface area contributed by atoms with Crippen LogP contribution in [0.4, 0.5) is 0 Å². The van der Waals surface area contributed by atoms with E-state index >= 15 is 0 Å². The molecule has 0 aromatic heterocycles. The minimum absolute atomic E-state index is 0.0828. The van der Waals surface area contributed by atoms with Crippen LogP contribution < -0.4 is 43.8 Å². The fourth-order valence-corrected chi connectivity index (χ4v) is 4.12. The highest BCUT2D eigenvalue weighted by atomic mass is 32.2. The fourth-order valence-electron chi connectivity index (χ4n) is 3.40. The lowest BCUT2D eigenvalue weighted by Crippen LogP contribution is -2.60. The van der Waals surface area contributed by atoms with Crippen molar-refractivity contribution in [3.8, 4) is 0 Å². The molecule has 0 saturated carbocycles. The number of amides is 6.